The highest BCUT2D eigenvalue weighted by Gasteiger charge is 2.13. The van der Waals surface area contributed by atoms with Crippen LogP contribution in [0.15, 0.2) is 15.3 Å². The van der Waals surface area contributed by atoms with E-state index in [4.69, 9.17) is 0 Å². The lowest BCUT2D eigenvalue weighted by Crippen LogP contribution is -2.01. The average molecular weight is 361 g/mol. The van der Waals surface area contributed by atoms with E-state index in [0.717, 1.165) is 34.7 Å². The van der Waals surface area contributed by atoms with Crippen molar-refractivity contribution >= 4 is 31.9 Å². The third-order valence-corrected chi connectivity index (χ3v) is 3.18. The minimum absolute atomic E-state index is 0.688. The topological polar surface area (TPSA) is 56.5 Å². The molecule has 0 fully saturated rings. The largest absolute Gasteiger partial charge is 0.245 e. The Morgan fingerprint density at radius 1 is 1.29 bits per heavy atom. The number of aryl methyl sites for hydroxylation is 2. The predicted molar refractivity (Wildman–Crippen MR) is 71.4 cm³/mol. The van der Waals surface area contributed by atoms with Gasteiger partial charge in [0.25, 0.3) is 0 Å². The van der Waals surface area contributed by atoms with Crippen LogP contribution in [0.25, 0.3) is 11.4 Å². The Kier molecular flexibility index (Phi) is 3.88. The molecule has 0 atom stereocenters. The molecule has 2 aromatic heterocycles. The molecule has 0 aliphatic heterocycles. The van der Waals surface area contributed by atoms with Gasteiger partial charge in [-0.05, 0) is 44.3 Å². The lowest BCUT2D eigenvalue weighted by Gasteiger charge is -2.04. The fourth-order valence-corrected chi connectivity index (χ4v) is 2.48. The number of halogens is 2. The van der Waals surface area contributed by atoms with Crippen molar-refractivity contribution in [2.24, 2.45) is 7.05 Å². The highest BCUT2D eigenvalue weighted by atomic mass is 79.9. The summed E-state index contributed by atoms with van der Waals surface area (Å²) in [5.41, 5.74) is 1.67. The quantitative estimate of drug-likeness (QED) is 0.789. The van der Waals surface area contributed by atoms with E-state index >= 15 is 0 Å². The van der Waals surface area contributed by atoms with Crippen molar-refractivity contribution in [2.75, 3.05) is 0 Å². The number of nitrogens with zero attached hydrogens (tertiary/aromatic N) is 5. The van der Waals surface area contributed by atoms with Gasteiger partial charge in [-0.1, -0.05) is 12.1 Å². The number of hydrogen-bond donors (Lipinski definition) is 0. The number of hydrogen-bond acceptors (Lipinski definition) is 4. The molecule has 2 heterocycles. The Hall–Kier alpha value is -0.820. The first-order valence-corrected chi connectivity index (χ1v) is 6.79. The van der Waals surface area contributed by atoms with Gasteiger partial charge >= 0.3 is 0 Å². The van der Waals surface area contributed by atoms with Gasteiger partial charge in [-0.2, -0.15) is 0 Å². The standard InChI is InChI=1S/C10H11Br2N5/c1-3-4-8-13-6(5-7(11)14-8)9-10(12)15-16-17(9)2/h5H,3-4H2,1-2H3. The second-order valence-electron chi connectivity index (χ2n) is 3.59. The van der Waals surface area contributed by atoms with E-state index in [0.29, 0.717) is 4.60 Å². The summed E-state index contributed by atoms with van der Waals surface area (Å²) >= 11 is 6.77. The van der Waals surface area contributed by atoms with Crippen LogP contribution in [0, 0.1) is 0 Å². The lowest BCUT2D eigenvalue weighted by molar-refractivity contribution is 0.717. The fourth-order valence-electron chi connectivity index (χ4n) is 1.52. The maximum absolute atomic E-state index is 4.52. The van der Waals surface area contributed by atoms with Gasteiger partial charge in [-0.15, -0.1) is 5.10 Å². The second kappa shape index (κ2) is 5.22. The Labute approximate surface area is 116 Å². The molecule has 0 N–H and O–H groups in total. The molecule has 90 valence electrons. The second-order valence-corrected chi connectivity index (χ2v) is 5.16. The van der Waals surface area contributed by atoms with Crippen molar-refractivity contribution < 1.29 is 0 Å². The van der Waals surface area contributed by atoms with Crippen molar-refractivity contribution in [2.45, 2.75) is 19.8 Å². The Morgan fingerprint density at radius 2 is 2.06 bits per heavy atom. The molecule has 0 unspecified atom stereocenters. The van der Waals surface area contributed by atoms with Crippen molar-refractivity contribution in [3.8, 4) is 11.4 Å². The van der Waals surface area contributed by atoms with Crippen LogP contribution in [0.5, 0.6) is 0 Å². The summed E-state index contributed by atoms with van der Waals surface area (Å²) in [5.74, 6) is 0.824. The van der Waals surface area contributed by atoms with Crippen LogP contribution in [0.4, 0.5) is 0 Å². The summed E-state index contributed by atoms with van der Waals surface area (Å²) < 4.78 is 3.15. The first-order chi connectivity index (χ1) is 8.11. The molecule has 0 aliphatic carbocycles. The molecule has 0 saturated carbocycles. The highest BCUT2D eigenvalue weighted by Crippen LogP contribution is 2.25. The van der Waals surface area contributed by atoms with E-state index in [1.165, 1.54) is 0 Å². The summed E-state index contributed by atoms with van der Waals surface area (Å²) in [6.07, 6.45) is 1.87. The summed E-state index contributed by atoms with van der Waals surface area (Å²) in [6.45, 7) is 2.10. The van der Waals surface area contributed by atoms with Crippen LogP contribution < -0.4 is 0 Å². The van der Waals surface area contributed by atoms with Crippen LogP contribution in [-0.2, 0) is 13.5 Å². The minimum atomic E-state index is 0.688. The molecule has 7 heteroatoms. The summed E-state index contributed by atoms with van der Waals surface area (Å²) in [6, 6.07) is 1.86. The molecule has 0 aliphatic rings. The van der Waals surface area contributed by atoms with Crippen molar-refractivity contribution in [3.63, 3.8) is 0 Å². The molecular weight excluding hydrogens is 350 g/mol. The normalized spacial score (nSPS) is 10.8. The van der Waals surface area contributed by atoms with Gasteiger partial charge in [0.15, 0.2) is 4.60 Å². The zero-order valence-corrected chi connectivity index (χ0v) is 12.7. The van der Waals surface area contributed by atoms with Crippen LogP contribution in [-0.4, -0.2) is 25.0 Å². The molecule has 0 aromatic carbocycles. The van der Waals surface area contributed by atoms with E-state index < -0.39 is 0 Å². The molecule has 0 saturated heterocycles. The predicted octanol–water partition coefficient (Wildman–Crippen LogP) is 2.75. The zero-order chi connectivity index (χ0) is 12.4. The van der Waals surface area contributed by atoms with Crippen LogP contribution in [0.3, 0.4) is 0 Å². The summed E-state index contributed by atoms with van der Waals surface area (Å²) in [5, 5.41) is 7.89. The van der Waals surface area contributed by atoms with Gasteiger partial charge in [0, 0.05) is 13.5 Å². The lowest BCUT2D eigenvalue weighted by atomic mass is 10.3. The minimum Gasteiger partial charge on any atom is -0.245 e. The Morgan fingerprint density at radius 3 is 2.65 bits per heavy atom. The van der Waals surface area contributed by atoms with Crippen LogP contribution in [0.1, 0.15) is 19.2 Å². The first-order valence-electron chi connectivity index (χ1n) is 5.20. The molecule has 2 aromatic rings. The van der Waals surface area contributed by atoms with Crippen molar-refractivity contribution in [1.82, 2.24) is 25.0 Å². The van der Waals surface area contributed by atoms with E-state index in [-0.39, 0.29) is 0 Å². The smallest absolute Gasteiger partial charge is 0.157 e. The third kappa shape index (κ3) is 2.71. The van der Waals surface area contributed by atoms with Gasteiger partial charge in [-0.3, -0.25) is 0 Å². The number of rotatable bonds is 3. The maximum Gasteiger partial charge on any atom is 0.157 e. The molecule has 17 heavy (non-hydrogen) atoms. The van der Waals surface area contributed by atoms with Gasteiger partial charge in [0.2, 0.25) is 0 Å². The first kappa shape index (κ1) is 12.6. The average Bonchev–Trinajstić information content (AvgIpc) is 2.58. The van der Waals surface area contributed by atoms with Gasteiger partial charge < -0.3 is 0 Å². The van der Waals surface area contributed by atoms with Crippen LogP contribution >= 0.6 is 31.9 Å². The molecular formula is C10H11Br2N5. The zero-order valence-electron chi connectivity index (χ0n) is 9.48. The monoisotopic (exact) mass is 359 g/mol. The fraction of sp³-hybridized carbons (Fsp3) is 0.400. The van der Waals surface area contributed by atoms with E-state index in [2.05, 4.69) is 59.1 Å². The van der Waals surface area contributed by atoms with Crippen molar-refractivity contribution in [3.05, 3.63) is 21.1 Å². The van der Waals surface area contributed by atoms with Gasteiger partial charge in [0.1, 0.15) is 16.1 Å². The SMILES string of the molecule is CCCc1nc(Br)cc(-c2c(Br)nnn2C)n1. The highest BCUT2D eigenvalue weighted by molar-refractivity contribution is 9.10. The maximum atomic E-state index is 4.52. The van der Waals surface area contributed by atoms with E-state index in [9.17, 15) is 0 Å². The molecule has 0 amide bonds. The molecule has 2 rings (SSSR count). The molecule has 5 nitrogen and oxygen atoms in total. The van der Waals surface area contributed by atoms with E-state index in [1.807, 2.05) is 13.1 Å². The molecule has 0 radical (unpaired) electrons. The molecule has 0 spiro atoms. The third-order valence-electron chi connectivity index (χ3n) is 2.24. The van der Waals surface area contributed by atoms with Gasteiger partial charge in [0.05, 0.1) is 5.69 Å². The number of aromatic nitrogens is 5. The van der Waals surface area contributed by atoms with Crippen molar-refractivity contribution in [1.29, 1.82) is 0 Å². The summed E-state index contributed by atoms with van der Waals surface area (Å²) in [4.78, 5) is 8.85. The summed E-state index contributed by atoms with van der Waals surface area (Å²) in [7, 11) is 1.84. The van der Waals surface area contributed by atoms with Crippen LogP contribution in [0.2, 0.25) is 0 Å². The Balaban J connectivity index is 2.52. The molecule has 0 bridgehead atoms. The van der Waals surface area contributed by atoms with E-state index in [1.54, 1.807) is 4.68 Å². The Bertz CT molecular complexity index is 518. The van der Waals surface area contributed by atoms with Gasteiger partial charge in [-0.25, -0.2) is 14.6 Å².